The smallest absolute Gasteiger partial charge is 0.358 e. The fraction of sp³-hybridized carbons (Fsp3) is 0.267. The number of ether oxygens (including phenoxy) is 1. The van der Waals surface area contributed by atoms with Gasteiger partial charge in [0.05, 0.1) is 6.61 Å². The summed E-state index contributed by atoms with van der Waals surface area (Å²) in [5.74, 6) is -1.14. The Hall–Kier alpha value is -2.70. The largest absolute Gasteiger partial charge is 0.461 e. The number of carbonyl (C=O) groups excluding carboxylic acids is 2. The zero-order chi connectivity index (χ0) is 15.9. The molecule has 0 fully saturated rings. The summed E-state index contributed by atoms with van der Waals surface area (Å²) < 4.78 is 19.9. The van der Waals surface area contributed by atoms with E-state index in [4.69, 9.17) is 4.74 Å². The average Bonchev–Trinajstić information content (AvgIpc) is 2.96. The number of para-hydroxylation sites is 1. The van der Waals surface area contributed by atoms with E-state index in [-0.39, 0.29) is 23.9 Å². The van der Waals surface area contributed by atoms with Gasteiger partial charge in [-0.25, -0.2) is 13.9 Å². The summed E-state index contributed by atoms with van der Waals surface area (Å²) in [6.07, 6.45) is 2.01. The van der Waals surface area contributed by atoms with Crippen molar-refractivity contribution >= 4 is 11.9 Å². The van der Waals surface area contributed by atoms with Gasteiger partial charge >= 0.3 is 5.97 Å². The number of esters is 1. The minimum Gasteiger partial charge on any atom is -0.461 e. The van der Waals surface area contributed by atoms with E-state index in [9.17, 15) is 14.0 Å². The number of rotatable bonds is 6. The van der Waals surface area contributed by atoms with Crippen molar-refractivity contribution in [2.45, 2.75) is 13.3 Å². The molecule has 1 N–H and O–H groups in total. The van der Waals surface area contributed by atoms with E-state index in [2.05, 4.69) is 10.4 Å². The lowest BCUT2D eigenvalue weighted by Crippen LogP contribution is -2.22. The Kier molecular flexibility index (Phi) is 5.24. The van der Waals surface area contributed by atoms with Gasteiger partial charge < -0.3 is 10.1 Å². The molecule has 1 amide bonds. The SMILES string of the molecule is CC(=O)NCCCOC(=O)c1ccn(-c2ccccc2F)n1. The van der Waals surface area contributed by atoms with Crippen molar-refractivity contribution in [2.75, 3.05) is 13.2 Å². The lowest BCUT2D eigenvalue weighted by molar-refractivity contribution is -0.118. The first-order valence-electron chi connectivity index (χ1n) is 6.80. The number of nitrogens with zero attached hydrogens (tertiary/aromatic N) is 2. The number of halogens is 1. The average molecular weight is 305 g/mol. The van der Waals surface area contributed by atoms with Gasteiger partial charge in [0, 0.05) is 19.7 Å². The molecule has 0 aliphatic carbocycles. The highest BCUT2D eigenvalue weighted by atomic mass is 19.1. The van der Waals surface area contributed by atoms with Crippen LogP contribution in [0.5, 0.6) is 0 Å². The van der Waals surface area contributed by atoms with Gasteiger partial charge in [-0.05, 0) is 24.6 Å². The van der Waals surface area contributed by atoms with Gasteiger partial charge in [-0.1, -0.05) is 12.1 Å². The van der Waals surface area contributed by atoms with E-state index in [0.717, 1.165) is 0 Å². The number of benzene rings is 1. The van der Waals surface area contributed by atoms with E-state index < -0.39 is 11.8 Å². The van der Waals surface area contributed by atoms with Crippen molar-refractivity contribution in [3.05, 3.63) is 48.0 Å². The monoisotopic (exact) mass is 305 g/mol. The molecule has 0 bridgehead atoms. The second-order valence-corrected chi connectivity index (χ2v) is 4.57. The molecule has 22 heavy (non-hydrogen) atoms. The first-order chi connectivity index (χ1) is 10.6. The van der Waals surface area contributed by atoms with E-state index >= 15 is 0 Å². The van der Waals surface area contributed by atoms with Crippen LogP contribution >= 0.6 is 0 Å². The van der Waals surface area contributed by atoms with Crippen LogP contribution in [-0.2, 0) is 9.53 Å². The zero-order valence-corrected chi connectivity index (χ0v) is 12.1. The fourth-order valence-electron chi connectivity index (χ4n) is 1.78. The second kappa shape index (κ2) is 7.35. The van der Waals surface area contributed by atoms with Gasteiger partial charge in [0.1, 0.15) is 11.5 Å². The van der Waals surface area contributed by atoms with Crippen LogP contribution in [0.3, 0.4) is 0 Å². The maximum absolute atomic E-state index is 13.6. The minimum absolute atomic E-state index is 0.0998. The standard InChI is InChI=1S/C15H16FN3O3/c1-11(20)17-8-4-10-22-15(21)13-7-9-19(18-13)14-6-3-2-5-12(14)16/h2-3,5-7,9H,4,8,10H2,1H3,(H,17,20). The molecule has 7 heteroatoms. The lowest BCUT2D eigenvalue weighted by atomic mass is 10.3. The van der Waals surface area contributed by atoms with Crippen LogP contribution in [0.4, 0.5) is 4.39 Å². The molecule has 2 aromatic rings. The summed E-state index contributed by atoms with van der Waals surface area (Å²) >= 11 is 0. The van der Waals surface area contributed by atoms with Crippen molar-refractivity contribution in [1.82, 2.24) is 15.1 Å². The van der Waals surface area contributed by atoms with Crippen LogP contribution in [0.1, 0.15) is 23.8 Å². The molecule has 0 aliphatic heterocycles. The molecule has 2 rings (SSSR count). The van der Waals surface area contributed by atoms with Gasteiger partial charge in [-0.15, -0.1) is 0 Å². The zero-order valence-electron chi connectivity index (χ0n) is 12.1. The van der Waals surface area contributed by atoms with Gasteiger partial charge in [0.2, 0.25) is 5.91 Å². The quantitative estimate of drug-likeness (QED) is 0.651. The highest BCUT2D eigenvalue weighted by molar-refractivity contribution is 5.87. The molecule has 1 aromatic carbocycles. The van der Waals surface area contributed by atoms with Gasteiger partial charge in [-0.3, -0.25) is 4.79 Å². The molecule has 1 aromatic heterocycles. The Morgan fingerprint density at radius 3 is 2.82 bits per heavy atom. The lowest BCUT2D eigenvalue weighted by Gasteiger charge is -2.04. The van der Waals surface area contributed by atoms with E-state index in [1.165, 1.54) is 29.9 Å². The molecule has 0 aliphatic rings. The number of hydrogen-bond donors (Lipinski definition) is 1. The summed E-state index contributed by atoms with van der Waals surface area (Å²) in [4.78, 5) is 22.5. The summed E-state index contributed by atoms with van der Waals surface area (Å²) in [6, 6.07) is 7.59. The van der Waals surface area contributed by atoms with Crippen LogP contribution in [0, 0.1) is 5.82 Å². The summed E-state index contributed by atoms with van der Waals surface area (Å²) in [5.41, 5.74) is 0.356. The summed E-state index contributed by atoms with van der Waals surface area (Å²) in [5, 5.41) is 6.60. The maximum atomic E-state index is 13.6. The Morgan fingerprint density at radius 2 is 2.09 bits per heavy atom. The summed E-state index contributed by atoms with van der Waals surface area (Å²) in [6.45, 7) is 2.03. The Balaban J connectivity index is 1.90. The second-order valence-electron chi connectivity index (χ2n) is 4.57. The van der Waals surface area contributed by atoms with Crippen LogP contribution in [0.2, 0.25) is 0 Å². The maximum Gasteiger partial charge on any atom is 0.358 e. The van der Waals surface area contributed by atoms with Crippen molar-refractivity contribution < 1.29 is 18.7 Å². The van der Waals surface area contributed by atoms with E-state index in [1.54, 1.807) is 18.2 Å². The first kappa shape index (κ1) is 15.7. The highest BCUT2D eigenvalue weighted by Gasteiger charge is 2.13. The summed E-state index contributed by atoms with van der Waals surface area (Å²) in [7, 11) is 0. The van der Waals surface area contributed by atoms with E-state index in [1.807, 2.05) is 0 Å². The Labute approximate surface area is 126 Å². The third-order valence-electron chi connectivity index (χ3n) is 2.83. The molecule has 6 nitrogen and oxygen atoms in total. The fourth-order valence-corrected chi connectivity index (χ4v) is 1.78. The van der Waals surface area contributed by atoms with Crippen LogP contribution in [-0.4, -0.2) is 34.8 Å². The predicted octanol–water partition coefficient (Wildman–Crippen LogP) is 1.69. The minimum atomic E-state index is -0.585. The highest BCUT2D eigenvalue weighted by Crippen LogP contribution is 2.12. The Morgan fingerprint density at radius 1 is 1.32 bits per heavy atom. The molecule has 0 spiro atoms. The third kappa shape index (κ3) is 4.15. The number of aromatic nitrogens is 2. The third-order valence-corrected chi connectivity index (χ3v) is 2.83. The number of carbonyl (C=O) groups is 2. The molecule has 0 atom stereocenters. The molecular formula is C15H16FN3O3. The van der Waals surface area contributed by atoms with Crippen molar-refractivity contribution in [3.8, 4) is 5.69 Å². The molecule has 0 saturated heterocycles. The first-order valence-corrected chi connectivity index (χ1v) is 6.80. The van der Waals surface area contributed by atoms with Crippen LogP contribution in [0.15, 0.2) is 36.5 Å². The van der Waals surface area contributed by atoms with Crippen molar-refractivity contribution in [1.29, 1.82) is 0 Å². The van der Waals surface area contributed by atoms with Crippen molar-refractivity contribution in [3.63, 3.8) is 0 Å². The molecule has 0 radical (unpaired) electrons. The van der Waals surface area contributed by atoms with Gasteiger partial charge in [-0.2, -0.15) is 5.10 Å². The predicted molar refractivity (Wildman–Crippen MR) is 77.1 cm³/mol. The molecule has 0 saturated carbocycles. The molecule has 116 valence electrons. The normalized spacial score (nSPS) is 10.3. The molecule has 1 heterocycles. The van der Waals surface area contributed by atoms with E-state index in [0.29, 0.717) is 13.0 Å². The van der Waals surface area contributed by atoms with Crippen LogP contribution in [0.25, 0.3) is 5.69 Å². The molecular weight excluding hydrogens is 289 g/mol. The number of nitrogens with one attached hydrogen (secondary N) is 1. The number of hydrogen-bond acceptors (Lipinski definition) is 4. The van der Waals surface area contributed by atoms with Crippen LogP contribution < -0.4 is 5.32 Å². The van der Waals surface area contributed by atoms with Gasteiger partial charge in [0.25, 0.3) is 0 Å². The number of amides is 1. The topological polar surface area (TPSA) is 73.2 Å². The Bertz CT molecular complexity index is 670. The molecule has 0 unspecified atom stereocenters. The van der Waals surface area contributed by atoms with Gasteiger partial charge in [0.15, 0.2) is 5.69 Å². The van der Waals surface area contributed by atoms with Crippen molar-refractivity contribution in [2.24, 2.45) is 0 Å².